The molecule has 0 bridgehead atoms. The van der Waals surface area contributed by atoms with E-state index in [0.29, 0.717) is 6.54 Å². The number of hydrogen-bond donors (Lipinski definition) is 1. The van der Waals surface area contributed by atoms with Gasteiger partial charge < -0.3 is 15.5 Å². The van der Waals surface area contributed by atoms with Crippen LogP contribution in [-0.2, 0) is 6.54 Å². The van der Waals surface area contributed by atoms with Gasteiger partial charge in [-0.3, -0.25) is 0 Å². The quantitative estimate of drug-likeness (QED) is 0.900. The predicted molar refractivity (Wildman–Crippen MR) is 88.0 cm³/mol. The van der Waals surface area contributed by atoms with E-state index >= 15 is 0 Å². The number of halogens is 1. The van der Waals surface area contributed by atoms with Crippen LogP contribution in [0.2, 0.25) is 0 Å². The number of anilines is 1. The van der Waals surface area contributed by atoms with Crippen molar-refractivity contribution < 1.29 is 0 Å². The molecule has 2 heterocycles. The molecule has 0 spiro atoms. The van der Waals surface area contributed by atoms with Gasteiger partial charge in [-0.25, -0.2) is 0 Å². The summed E-state index contributed by atoms with van der Waals surface area (Å²) in [6.07, 6.45) is 4.00. The Labute approximate surface area is 130 Å². The van der Waals surface area contributed by atoms with Gasteiger partial charge in [0.1, 0.15) is 0 Å². The molecule has 2 N–H and O–H groups in total. The SMILES string of the molecule is CN1CCCC2CN(c3ccc(Br)cc3CN)CCC21. The molecular weight excluding hydrogens is 314 g/mol. The minimum absolute atomic E-state index is 0.610. The minimum atomic E-state index is 0.610. The Bertz CT molecular complexity index is 477. The molecule has 4 heteroatoms. The standard InChI is InChI=1S/C16H24BrN3/c1-19-7-2-3-12-11-20(8-6-15(12)19)16-5-4-14(17)9-13(16)10-18/h4-5,9,12,15H,2-3,6-8,10-11,18H2,1H3. The van der Waals surface area contributed by atoms with Crippen LogP contribution in [0, 0.1) is 5.92 Å². The summed E-state index contributed by atoms with van der Waals surface area (Å²) in [6.45, 7) is 4.22. The topological polar surface area (TPSA) is 32.5 Å². The molecular formula is C16H24BrN3. The van der Waals surface area contributed by atoms with E-state index in [1.807, 2.05) is 0 Å². The number of fused-ring (bicyclic) bond motifs is 1. The Morgan fingerprint density at radius 1 is 1.30 bits per heavy atom. The first kappa shape index (κ1) is 14.4. The maximum absolute atomic E-state index is 5.92. The van der Waals surface area contributed by atoms with Crippen LogP contribution in [0.1, 0.15) is 24.8 Å². The smallest absolute Gasteiger partial charge is 0.0412 e. The molecule has 1 aromatic rings. The summed E-state index contributed by atoms with van der Waals surface area (Å²) >= 11 is 3.54. The van der Waals surface area contributed by atoms with Crippen LogP contribution in [0.5, 0.6) is 0 Å². The highest BCUT2D eigenvalue weighted by molar-refractivity contribution is 9.10. The van der Waals surface area contributed by atoms with Gasteiger partial charge in [-0.05, 0) is 62.5 Å². The Morgan fingerprint density at radius 2 is 2.15 bits per heavy atom. The summed E-state index contributed by atoms with van der Waals surface area (Å²) in [5, 5.41) is 0. The summed E-state index contributed by atoms with van der Waals surface area (Å²) in [4.78, 5) is 5.12. The Morgan fingerprint density at radius 3 is 2.95 bits per heavy atom. The van der Waals surface area contributed by atoms with Crippen molar-refractivity contribution in [2.45, 2.75) is 31.8 Å². The lowest BCUT2D eigenvalue weighted by Crippen LogP contribution is -2.52. The molecule has 3 rings (SSSR count). The van der Waals surface area contributed by atoms with E-state index < -0.39 is 0 Å². The van der Waals surface area contributed by atoms with Gasteiger partial charge in [-0.1, -0.05) is 15.9 Å². The summed E-state index contributed by atoms with van der Waals surface area (Å²) in [5.74, 6) is 0.816. The highest BCUT2D eigenvalue weighted by atomic mass is 79.9. The molecule has 2 aliphatic rings. The van der Waals surface area contributed by atoms with Crippen molar-refractivity contribution in [2.75, 3.05) is 31.6 Å². The zero-order valence-corrected chi connectivity index (χ0v) is 13.8. The maximum Gasteiger partial charge on any atom is 0.0412 e. The largest absolute Gasteiger partial charge is 0.371 e. The molecule has 0 aromatic heterocycles. The van der Waals surface area contributed by atoms with Gasteiger partial charge >= 0.3 is 0 Å². The van der Waals surface area contributed by atoms with E-state index in [0.717, 1.165) is 23.0 Å². The second kappa shape index (κ2) is 6.04. The Hall–Kier alpha value is -0.580. The lowest BCUT2D eigenvalue weighted by atomic mass is 9.84. The molecule has 2 saturated heterocycles. The first-order valence-electron chi connectivity index (χ1n) is 7.62. The fourth-order valence-corrected chi connectivity index (χ4v) is 4.31. The molecule has 1 aromatic carbocycles. The second-order valence-electron chi connectivity index (χ2n) is 6.16. The fourth-order valence-electron chi connectivity index (χ4n) is 3.90. The Kier molecular flexibility index (Phi) is 4.34. The number of hydrogen-bond acceptors (Lipinski definition) is 3. The van der Waals surface area contributed by atoms with E-state index in [2.05, 4.69) is 51.0 Å². The summed E-state index contributed by atoms with van der Waals surface area (Å²) in [5.41, 5.74) is 8.51. The van der Waals surface area contributed by atoms with Crippen molar-refractivity contribution in [3.63, 3.8) is 0 Å². The highest BCUT2D eigenvalue weighted by Crippen LogP contribution is 2.33. The van der Waals surface area contributed by atoms with Crippen molar-refractivity contribution in [3.8, 4) is 0 Å². The first-order valence-corrected chi connectivity index (χ1v) is 8.42. The highest BCUT2D eigenvalue weighted by Gasteiger charge is 2.34. The molecule has 2 fully saturated rings. The number of benzene rings is 1. The molecule has 20 heavy (non-hydrogen) atoms. The van der Waals surface area contributed by atoms with Gasteiger partial charge in [0.05, 0.1) is 0 Å². The average molecular weight is 338 g/mol. The zero-order chi connectivity index (χ0) is 14.1. The monoisotopic (exact) mass is 337 g/mol. The summed E-state index contributed by atoms with van der Waals surface area (Å²) in [7, 11) is 2.29. The number of likely N-dealkylation sites (tertiary alicyclic amines) is 1. The Balaban J connectivity index is 1.79. The van der Waals surface area contributed by atoms with E-state index in [1.54, 1.807) is 0 Å². The van der Waals surface area contributed by atoms with Crippen LogP contribution in [0.25, 0.3) is 0 Å². The lowest BCUT2D eigenvalue weighted by Gasteiger charge is -2.47. The first-order chi connectivity index (χ1) is 9.69. The average Bonchev–Trinajstić information content (AvgIpc) is 2.47. The van der Waals surface area contributed by atoms with Gasteiger partial charge in [0, 0.05) is 35.8 Å². The van der Waals surface area contributed by atoms with Gasteiger partial charge in [0.15, 0.2) is 0 Å². The second-order valence-corrected chi connectivity index (χ2v) is 7.08. The van der Waals surface area contributed by atoms with Gasteiger partial charge in [-0.15, -0.1) is 0 Å². The van der Waals surface area contributed by atoms with Crippen LogP contribution in [0.15, 0.2) is 22.7 Å². The van der Waals surface area contributed by atoms with E-state index in [4.69, 9.17) is 5.73 Å². The van der Waals surface area contributed by atoms with E-state index in [1.165, 1.54) is 43.6 Å². The lowest BCUT2D eigenvalue weighted by molar-refractivity contribution is 0.102. The van der Waals surface area contributed by atoms with Crippen LogP contribution in [-0.4, -0.2) is 37.6 Å². The van der Waals surface area contributed by atoms with Gasteiger partial charge in [-0.2, -0.15) is 0 Å². The normalized spacial score (nSPS) is 27.4. The molecule has 0 radical (unpaired) electrons. The predicted octanol–water partition coefficient (Wildman–Crippen LogP) is 2.83. The van der Waals surface area contributed by atoms with Gasteiger partial charge in [0.25, 0.3) is 0 Å². The molecule has 0 amide bonds. The van der Waals surface area contributed by atoms with Crippen LogP contribution in [0.3, 0.4) is 0 Å². The minimum Gasteiger partial charge on any atom is -0.371 e. The third-order valence-electron chi connectivity index (χ3n) is 4.95. The zero-order valence-electron chi connectivity index (χ0n) is 12.2. The van der Waals surface area contributed by atoms with Crippen LogP contribution >= 0.6 is 15.9 Å². The van der Waals surface area contributed by atoms with Crippen molar-refractivity contribution >= 4 is 21.6 Å². The number of rotatable bonds is 2. The van der Waals surface area contributed by atoms with E-state index in [-0.39, 0.29) is 0 Å². The van der Waals surface area contributed by atoms with Crippen molar-refractivity contribution in [3.05, 3.63) is 28.2 Å². The van der Waals surface area contributed by atoms with Crippen molar-refractivity contribution in [1.82, 2.24) is 4.90 Å². The molecule has 2 aliphatic heterocycles. The number of piperidine rings is 2. The molecule has 0 saturated carbocycles. The van der Waals surface area contributed by atoms with Crippen molar-refractivity contribution in [1.29, 1.82) is 0 Å². The van der Waals surface area contributed by atoms with E-state index in [9.17, 15) is 0 Å². The summed E-state index contributed by atoms with van der Waals surface area (Å²) < 4.78 is 1.12. The number of nitrogens with zero attached hydrogens (tertiary/aromatic N) is 2. The van der Waals surface area contributed by atoms with Crippen LogP contribution < -0.4 is 10.6 Å². The molecule has 2 unspecified atom stereocenters. The molecule has 0 aliphatic carbocycles. The summed E-state index contributed by atoms with van der Waals surface area (Å²) in [6, 6.07) is 7.30. The molecule has 3 nitrogen and oxygen atoms in total. The number of nitrogens with two attached hydrogens (primary N) is 1. The molecule has 2 atom stereocenters. The van der Waals surface area contributed by atoms with Crippen molar-refractivity contribution in [2.24, 2.45) is 11.7 Å². The molecule has 110 valence electrons. The van der Waals surface area contributed by atoms with Gasteiger partial charge in [0.2, 0.25) is 0 Å². The van der Waals surface area contributed by atoms with Crippen LogP contribution in [0.4, 0.5) is 5.69 Å². The fraction of sp³-hybridized carbons (Fsp3) is 0.625. The maximum atomic E-state index is 5.92. The third kappa shape index (κ3) is 2.74. The third-order valence-corrected chi connectivity index (χ3v) is 5.44.